The van der Waals surface area contributed by atoms with E-state index in [0.717, 1.165) is 29.9 Å². The zero-order valence-electron chi connectivity index (χ0n) is 11.4. The number of rotatable bonds is 5. The minimum Gasteiger partial charge on any atom is -0.397 e. The molecule has 0 aromatic heterocycles. The first kappa shape index (κ1) is 15.0. The van der Waals surface area contributed by atoms with Crippen LogP contribution >= 0.6 is 23.2 Å². The smallest absolute Gasteiger partial charge is 0.0602 e. The molecule has 0 aliphatic carbocycles. The molecule has 0 heterocycles. The van der Waals surface area contributed by atoms with Crippen LogP contribution in [0, 0.1) is 0 Å². The lowest BCUT2D eigenvalue weighted by Crippen LogP contribution is -2.24. The fourth-order valence-electron chi connectivity index (χ4n) is 2.20. The predicted molar refractivity (Wildman–Crippen MR) is 88.7 cm³/mol. The third-order valence-electron chi connectivity index (χ3n) is 3.18. The average Bonchev–Trinajstić information content (AvgIpc) is 2.43. The van der Waals surface area contributed by atoms with Gasteiger partial charge in [-0.3, -0.25) is 0 Å². The van der Waals surface area contributed by atoms with E-state index in [1.165, 1.54) is 0 Å². The molecule has 20 heavy (non-hydrogen) atoms. The van der Waals surface area contributed by atoms with E-state index in [4.69, 9.17) is 28.9 Å². The van der Waals surface area contributed by atoms with Gasteiger partial charge in [0.05, 0.1) is 11.4 Å². The number of hydrogen-bond acceptors (Lipinski definition) is 2. The first-order valence-corrected chi connectivity index (χ1v) is 7.41. The molecular formula is C16H18Cl2N2. The standard InChI is InChI=1S/C16H18Cl2N2/c1-2-10-20(16-9-4-3-8-15(16)19)11-12-13(17)6-5-7-14(12)18/h3-9H,2,10-11,19H2,1H3. The van der Waals surface area contributed by atoms with Gasteiger partial charge in [0.15, 0.2) is 0 Å². The highest BCUT2D eigenvalue weighted by molar-refractivity contribution is 6.36. The van der Waals surface area contributed by atoms with E-state index in [0.29, 0.717) is 16.6 Å². The largest absolute Gasteiger partial charge is 0.397 e. The lowest BCUT2D eigenvalue weighted by atomic mass is 10.1. The maximum absolute atomic E-state index is 6.26. The van der Waals surface area contributed by atoms with Crippen LogP contribution in [0.15, 0.2) is 42.5 Å². The maximum Gasteiger partial charge on any atom is 0.0602 e. The van der Waals surface area contributed by atoms with Gasteiger partial charge >= 0.3 is 0 Å². The van der Waals surface area contributed by atoms with Gasteiger partial charge in [0.2, 0.25) is 0 Å². The number of anilines is 2. The number of nitrogen functional groups attached to an aromatic ring is 1. The van der Waals surface area contributed by atoms with Crippen molar-refractivity contribution >= 4 is 34.6 Å². The molecule has 0 saturated heterocycles. The fraction of sp³-hybridized carbons (Fsp3) is 0.250. The Morgan fingerprint density at radius 2 is 1.65 bits per heavy atom. The first-order valence-electron chi connectivity index (χ1n) is 6.65. The Kier molecular flexibility index (Phi) is 5.16. The Morgan fingerprint density at radius 3 is 2.25 bits per heavy atom. The molecule has 0 fully saturated rings. The molecule has 4 heteroatoms. The molecule has 2 aromatic rings. The van der Waals surface area contributed by atoms with Crippen molar-refractivity contribution in [2.75, 3.05) is 17.2 Å². The molecule has 0 saturated carbocycles. The third-order valence-corrected chi connectivity index (χ3v) is 3.89. The molecule has 0 bridgehead atoms. The number of nitrogens with zero attached hydrogens (tertiary/aromatic N) is 1. The van der Waals surface area contributed by atoms with Crippen LogP contribution in [-0.4, -0.2) is 6.54 Å². The number of hydrogen-bond donors (Lipinski definition) is 1. The molecular weight excluding hydrogens is 291 g/mol. The number of benzene rings is 2. The van der Waals surface area contributed by atoms with E-state index in [-0.39, 0.29) is 0 Å². The van der Waals surface area contributed by atoms with Crippen LogP contribution in [0.2, 0.25) is 10.0 Å². The van der Waals surface area contributed by atoms with Gasteiger partial charge in [0, 0.05) is 28.7 Å². The van der Waals surface area contributed by atoms with Gasteiger partial charge in [-0.05, 0) is 30.7 Å². The Labute approximate surface area is 130 Å². The summed E-state index contributed by atoms with van der Waals surface area (Å²) in [5, 5.41) is 1.38. The van der Waals surface area contributed by atoms with Gasteiger partial charge in [-0.15, -0.1) is 0 Å². The number of para-hydroxylation sites is 2. The average molecular weight is 309 g/mol. The molecule has 2 rings (SSSR count). The zero-order chi connectivity index (χ0) is 14.5. The lowest BCUT2D eigenvalue weighted by Gasteiger charge is -2.26. The van der Waals surface area contributed by atoms with E-state index >= 15 is 0 Å². The molecule has 0 aliphatic heterocycles. The predicted octanol–water partition coefficient (Wildman–Crippen LogP) is 4.99. The second kappa shape index (κ2) is 6.87. The van der Waals surface area contributed by atoms with E-state index in [1.54, 1.807) is 0 Å². The SMILES string of the molecule is CCCN(Cc1c(Cl)cccc1Cl)c1ccccc1N. The van der Waals surface area contributed by atoms with Crippen LogP contribution in [0.25, 0.3) is 0 Å². The summed E-state index contributed by atoms with van der Waals surface area (Å²) < 4.78 is 0. The van der Waals surface area contributed by atoms with Crippen molar-refractivity contribution in [3.63, 3.8) is 0 Å². The molecule has 0 amide bonds. The Morgan fingerprint density at radius 1 is 1.00 bits per heavy atom. The van der Waals surface area contributed by atoms with Crippen LogP contribution in [0.3, 0.4) is 0 Å². The van der Waals surface area contributed by atoms with E-state index in [1.807, 2.05) is 42.5 Å². The first-order chi connectivity index (χ1) is 9.63. The van der Waals surface area contributed by atoms with E-state index < -0.39 is 0 Å². The summed E-state index contributed by atoms with van der Waals surface area (Å²) in [5.74, 6) is 0. The lowest BCUT2D eigenvalue weighted by molar-refractivity contribution is 0.769. The van der Waals surface area contributed by atoms with Crippen molar-refractivity contribution < 1.29 is 0 Å². The monoisotopic (exact) mass is 308 g/mol. The molecule has 0 spiro atoms. The maximum atomic E-state index is 6.26. The summed E-state index contributed by atoms with van der Waals surface area (Å²) in [6.07, 6.45) is 1.02. The highest BCUT2D eigenvalue weighted by atomic mass is 35.5. The topological polar surface area (TPSA) is 29.3 Å². The second-order valence-electron chi connectivity index (χ2n) is 4.68. The van der Waals surface area contributed by atoms with Crippen LogP contribution in [0.4, 0.5) is 11.4 Å². The molecule has 0 atom stereocenters. The van der Waals surface area contributed by atoms with Crippen LogP contribution < -0.4 is 10.6 Å². The summed E-state index contributed by atoms with van der Waals surface area (Å²) in [4.78, 5) is 2.21. The van der Waals surface area contributed by atoms with Crippen molar-refractivity contribution in [2.45, 2.75) is 19.9 Å². The molecule has 2 aromatic carbocycles. The van der Waals surface area contributed by atoms with Crippen LogP contribution in [0.5, 0.6) is 0 Å². The van der Waals surface area contributed by atoms with E-state index in [2.05, 4.69) is 11.8 Å². The van der Waals surface area contributed by atoms with Gasteiger partial charge in [-0.1, -0.05) is 48.3 Å². The molecule has 0 aliphatic rings. The highest BCUT2D eigenvalue weighted by Gasteiger charge is 2.13. The number of halogens is 2. The third kappa shape index (κ3) is 3.38. The number of nitrogens with two attached hydrogens (primary N) is 1. The summed E-state index contributed by atoms with van der Waals surface area (Å²) in [6, 6.07) is 13.4. The summed E-state index contributed by atoms with van der Waals surface area (Å²) in [6.45, 7) is 3.69. The molecule has 0 radical (unpaired) electrons. The summed E-state index contributed by atoms with van der Waals surface area (Å²) in [5.41, 5.74) is 8.80. The van der Waals surface area contributed by atoms with Crippen LogP contribution in [-0.2, 0) is 6.54 Å². The summed E-state index contributed by atoms with van der Waals surface area (Å²) in [7, 11) is 0. The van der Waals surface area contributed by atoms with Gasteiger partial charge in [-0.25, -0.2) is 0 Å². The van der Waals surface area contributed by atoms with Crippen molar-refractivity contribution in [1.29, 1.82) is 0 Å². The van der Waals surface area contributed by atoms with Gasteiger partial charge in [0.1, 0.15) is 0 Å². The Hall–Kier alpha value is -1.38. The molecule has 106 valence electrons. The van der Waals surface area contributed by atoms with Gasteiger partial charge < -0.3 is 10.6 Å². The Bertz CT molecular complexity index is 564. The normalized spacial score (nSPS) is 10.6. The Balaban J connectivity index is 2.33. The fourth-order valence-corrected chi connectivity index (χ4v) is 2.72. The minimum absolute atomic E-state index is 0.653. The second-order valence-corrected chi connectivity index (χ2v) is 5.49. The molecule has 2 N–H and O–H groups in total. The van der Waals surface area contributed by atoms with Crippen molar-refractivity contribution in [1.82, 2.24) is 0 Å². The van der Waals surface area contributed by atoms with Gasteiger partial charge in [0.25, 0.3) is 0 Å². The van der Waals surface area contributed by atoms with E-state index in [9.17, 15) is 0 Å². The van der Waals surface area contributed by atoms with Gasteiger partial charge in [-0.2, -0.15) is 0 Å². The van der Waals surface area contributed by atoms with Crippen molar-refractivity contribution in [3.05, 3.63) is 58.1 Å². The van der Waals surface area contributed by atoms with Crippen molar-refractivity contribution in [3.8, 4) is 0 Å². The van der Waals surface area contributed by atoms with Crippen molar-refractivity contribution in [2.24, 2.45) is 0 Å². The zero-order valence-corrected chi connectivity index (χ0v) is 13.0. The quantitative estimate of drug-likeness (QED) is 0.788. The highest BCUT2D eigenvalue weighted by Crippen LogP contribution is 2.30. The summed E-state index contributed by atoms with van der Waals surface area (Å²) >= 11 is 12.5. The minimum atomic E-state index is 0.653. The molecule has 0 unspecified atom stereocenters. The van der Waals surface area contributed by atoms with Crippen LogP contribution in [0.1, 0.15) is 18.9 Å². The molecule has 2 nitrogen and oxygen atoms in total.